The first-order chi connectivity index (χ1) is 14.2. The van der Waals surface area contributed by atoms with E-state index in [-0.39, 0.29) is 5.82 Å². The molecule has 1 saturated heterocycles. The summed E-state index contributed by atoms with van der Waals surface area (Å²) in [5.41, 5.74) is 6.16. The number of hydrogen-bond acceptors (Lipinski definition) is 5. The number of H-pyrrole nitrogens is 1. The first-order valence-corrected chi connectivity index (χ1v) is 10.0. The number of halogens is 1. The number of ether oxygens (including phenoxy) is 1. The van der Waals surface area contributed by atoms with Crippen molar-refractivity contribution < 1.29 is 13.5 Å². The minimum atomic E-state index is -0.187. The fourth-order valence-corrected chi connectivity index (χ4v) is 4.42. The molecule has 4 aromatic rings. The molecule has 0 radical (unpaired) electrons. The Labute approximate surface area is 166 Å². The van der Waals surface area contributed by atoms with Gasteiger partial charge in [0.2, 0.25) is 0 Å². The number of benzene rings is 2. The second-order valence-corrected chi connectivity index (χ2v) is 7.69. The lowest BCUT2D eigenvalue weighted by Gasteiger charge is -2.29. The van der Waals surface area contributed by atoms with Crippen molar-refractivity contribution in [3.8, 4) is 0 Å². The van der Waals surface area contributed by atoms with E-state index in [0.717, 1.165) is 66.0 Å². The molecule has 0 aliphatic carbocycles. The molecule has 6 nitrogen and oxygen atoms in total. The first-order valence-electron chi connectivity index (χ1n) is 10.0. The Bertz CT molecular complexity index is 1210. The molecule has 4 heterocycles. The average Bonchev–Trinajstić information content (AvgIpc) is 3.34. The van der Waals surface area contributed by atoms with Gasteiger partial charge >= 0.3 is 0 Å². The number of nitrogens with one attached hydrogen (secondary N) is 1. The zero-order valence-electron chi connectivity index (χ0n) is 15.9. The predicted molar refractivity (Wildman–Crippen MR) is 110 cm³/mol. The van der Waals surface area contributed by atoms with Gasteiger partial charge in [0.15, 0.2) is 5.58 Å². The number of fused-ring (bicyclic) bond motifs is 4. The van der Waals surface area contributed by atoms with Crippen molar-refractivity contribution in [3.05, 3.63) is 53.5 Å². The normalized spacial score (nSPS) is 17.3. The van der Waals surface area contributed by atoms with E-state index < -0.39 is 0 Å². The van der Waals surface area contributed by atoms with Gasteiger partial charge in [-0.2, -0.15) is 4.98 Å². The standard InChI is InChI=1S/C22H21FN4O2/c23-14-1-3-18-17(11-14)16-5-6-27(13-20(16)24-18)15-2-4-19-21(12-15)29-22(25-19)26-7-9-28-10-8-26/h1-4,11-12,24H,5-10,13H2. The lowest BCUT2D eigenvalue weighted by molar-refractivity contribution is 0.120. The fraction of sp³-hybridized carbons (Fsp3) is 0.318. The van der Waals surface area contributed by atoms with E-state index in [1.54, 1.807) is 6.07 Å². The van der Waals surface area contributed by atoms with Gasteiger partial charge in [0.25, 0.3) is 6.01 Å². The van der Waals surface area contributed by atoms with E-state index >= 15 is 0 Å². The molecule has 0 saturated carbocycles. The Kier molecular flexibility index (Phi) is 3.77. The summed E-state index contributed by atoms with van der Waals surface area (Å²) in [5.74, 6) is -0.187. The van der Waals surface area contributed by atoms with Crippen LogP contribution in [-0.4, -0.2) is 42.8 Å². The Morgan fingerprint density at radius 2 is 1.90 bits per heavy atom. The fourth-order valence-electron chi connectivity index (χ4n) is 4.42. The molecule has 2 aliphatic rings. The van der Waals surface area contributed by atoms with Crippen LogP contribution in [0.2, 0.25) is 0 Å². The van der Waals surface area contributed by atoms with Crippen LogP contribution in [0.3, 0.4) is 0 Å². The third-order valence-electron chi connectivity index (χ3n) is 5.94. The molecule has 0 amide bonds. The van der Waals surface area contributed by atoms with Crippen molar-refractivity contribution in [2.24, 2.45) is 0 Å². The molecule has 148 valence electrons. The van der Waals surface area contributed by atoms with Gasteiger partial charge in [-0.3, -0.25) is 0 Å². The predicted octanol–water partition coefficient (Wildman–Crippen LogP) is 3.85. The summed E-state index contributed by atoms with van der Waals surface area (Å²) in [7, 11) is 0. The Hall–Kier alpha value is -3.06. The van der Waals surface area contributed by atoms with Crippen molar-refractivity contribution in [2.45, 2.75) is 13.0 Å². The molecule has 29 heavy (non-hydrogen) atoms. The van der Waals surface area contributed by atoms with Crippen molar-refractivity contribution in [1.82, 2.24) is 9.97 Å². The second-order valence-electron chi connectivity index (χ2n) is 7.69. The van der Waals surface area contributed by atoms with E-state index in [4.69, 9.17) is 9.15 Å². The van der Waals surface area contributed by atoms with Crippen LogP contribution < -0.4 is 9.80 Å². The maximum Gasteiger partial charge on any atom is 0.298 e. The molecule has 0 bridgehead atoms. The van der Waals surface area contributed by atoms with Crippen molar-refractivity contribution in [3.63, 3.8) is 0 Å². The van der Waals surface area contributed by atoms with Crippen LogP contribution >= 0.6 is 0 Å². The summed E-state index contributed by atoms with van der Waals surface area (Å²) in [5, 5.41) is 1.00. The van der Waals surface area contributed by atoms with E-state index in [1.165, 1.54) is 11.6 Å². The summed E-state index contributed by atoms with van der Waals surface area (Å²) in [6.07, 6.45) is 0.881. The number of rotatable bonds is 2. The highest BCUT2D eigenvalue weighted by molar-refractivity contribution is 5.85. The van der Waals surface area contributed by atoms with Gasteiger partial charge in [-0.1, -0.05) is 0 Å². The van der Waals surface area contributed by atoms with Crippen molar-refractivity contribution in [2.75, 3.05) is 42.6 Å². The minimum Gasteiger partial charge on any atom is -0.423 e. The number of hydrogen-bond donors (Lipinski definition) is 1. The van der Waals surface area contributed by atoms with Crippen LogP contribution in [0.4, 0.5) is 16.1 Å². The highest BCUT2D eigenvalue weighted by Gasteiger charge is 2.22. The zero-order valence-corrected chi connectivity index (χ0v) is 15.9. The number of aromatic nitrogens is 2. The van der Waals surface area contributed by atoms with E-state index in [2.05, 4.69) is 31.9 Å². The quantitative estimate of drug-likeness (QED) is 0.562. The third-order valence-corrected chi connectivity index (χ3v) is 5.94. The largest absolute Gasteiger partial charge is 0.423 e. The SMILES string of the molecule is Fc1ccc2[nH]c3c(c2c1)CCN(c1ccc2nc(N4CCOCC4)oc2c1)C3. The molecule has 2 aromatic carbocycles. The van der Waals surface area contributed by atoms with E-state index in [9.17, 15) is 4.39 Å². The number of nitrogens with zero attached hydrogens (tertiary/aromatic N) is 3. The molecule has 2 aliphatic heterocycles. The molecule has 6 rings (SSSR count). The molecular formula is C22H21FN4O2. The summed E-state index contributed by atoms with van der Waals surface area (Å²) in [6.45, 7) is 4.65. The second kappa shape index (κ2) is 6.49. The van der Waals surface area contributed by atoms with Gasteiger partial charge in [-0.15, -0.1) is 0 Å². The lowest BCUT2D eigenvalue weighted by Crippen LogP contribution is -2.36. The van der Waals surface area contributed by atoms with Crippen LogP contribution in [0.25, 0.3) is 22.0 Å². The number of morpholine rings is 1. The van der Waals surface area contributed by atoms with E-state index in [1.807, 2.05) is 12.1 Å². The number of anilines is 2. The van der Waals surface area contributed by atoms with Crippen LogP contribution in [0.5, 0.6) is 0 Å². The summed E-state index contributed by atoms with van der Waals surface area (Å²) < 4.78 is 25.1. The number of oxazole rings is 1. The van der Waals surface area contributed by atoms with Crippen molar-refractivity contribution in [1.29, 1.82) is 0 Å². The molecule has 7 heteroatoms. The lowest BCUT2D eigenvalue weighted by atomic mass is 10.0. The van der Waals surface area contributed by atoms with E-state index in [0.29, 0.717) is 19.2 Å². The molecule has 1 N–H and O–H groups in total. The van der Waals surface area contributed by atoms with Gasteiger partial charge in [0.1, 0.15) is 11.3 Å². The van der Waals surface area contributed by atoms with Crippen LogP contribution in [-0.2, 0) is 17.7 Å². The smallest absolute Gasteiger partial charge is 0.298 e. The van der Waals surface area contributed by atoms with Crippen LogP contribution in [0, 0.1) is 5.82 Å². The third kappa shape index (κ3) is 2.84. The molecule has 0 unspecified atom stereocenters. The van der Waals surface area contributed by atoms with Crippen LogP contribution in [0.1, 0.15) is 11.3 Å². The maximum atomic E-state index is 13.7. The molecule has 0 atom stereocenters. The molecule has 2 aromatic heterocycles. The number of aromatic amines is 1. The van der Waals surface area contributed by atoms with Crippen molar-refractivity contribution >= 4 is 33.7 Å². The Morgan fingerprint density at radius 1 is 1.00 bits per heavy atom. The monoisotopic (exact) mass is 392 g/mol. The first kappa shape index (κ1) is 16.9. The summed E-state index contributed by atoms with van der Waals surface area (Å²) in [4.78, 5) is 12.6. The summed E-state index contributed by atoms with van der Waals surface area (Å²) >= 11 is 0. The van der Waals surface area contributed by atoms with Gasteiger partial charge in [-0.05, 0) is 42.3 Å². The Morgan fingerprint density at radius 3 is 2.79 bits per heavy atom. The average molecular weight is 392 g/mol. The molecule has 1 fully saturated rings. The van der Waals surface area contributed by atoms with Gasteiger partial charge in [0, 0.05) is 48.0 Å². The van der Waals surface area contributed by atoms with Gasteiger partial charge in [0.05, 0.1) is 19.8 Å². The topological polar surface area (TPSA) is 57.5 Å². The maximum absolute atomic E-state index is 13.7. The van der Waals surface area contributed by atoms with Gasteiger partial charge in [-0.25, -0.2) is 4.39 Å². The highest BCUT2D eigenvalue weighted by Crippen LogP contribution is 2.32. The highest BCUT2D eigenvalue weighted by atomic mass is 19.1. The van der Waals surface area contributed by atoms with Crippen LogP contribution in [0.15, 0.2) is 40.8 Å². The van der Waals surface area contributed by atoms with Gasteiger partial charge < -0.3 is 23.9 Å². The molecular weight excluding hydrogens is 371 g/mol. The molecule has 0 spiro atoms. The Balaban J connectivity index is 1.30. The zero-order chi connectivity index (χ0) is 19.4. The summed E-state index contributed by atoms with van der Waals surface area (Å²) in [6, 6.07) is 11.8. The minimum absolute atomic E-state index is 0.187.